The zero-order chi connectivity index (χ0) is 11.6. The van der Waals surface area contributed by atoms with Crippen molar-refractivity contribution in [2.45, 2.75) is 20.0 Å². The van der Waals surface area contributed by atoms with Crippen molar-refractivity contribution in [2.75, 3.05) is 5.73 Å². The lowest BCUT2D eigenvalue weighted by molar-refractivity contribution is 0.0378. The Kier molecular flexibility index (Phi) is 3.83. The molecule has 1 aromatic rings. The molecule has 0 atom stereocenters. The summed E-state index contributed by atoms with van der Waals surface area (Å²) >= 11 is 11.6. The molecule has 0 saturated carbocycles. The summed E-state index contributed by atoms with van der Waals surface area (Å²) in [7, 11) is 0. The van der Waals surface area contributed by atoms with Gasteiger partial charge in [-0.2, -0.15) is 0 Å². The summed E-state index contributed by atoms with van der Waals surface area (Å²) in [5, 5.41) is 0.556. The quantitative estimate of drug-likeness (QED) is 0.646. The van der Waals surface area contributed by atoms with Crippen molar-refractivity contribution in [2.24, 2.45) is 0 Å². The predicted octanol–water partition coefficient (Wildman–Crippen LogP) is 3.14. The van der Waals surface area contributed by atoms with Crippen LogP contribution in [0.4, 0.5) is 5.69 Å². The van der Waals surface area contributed by atoms with E-state index < -0.39 is 5.97 Å². The van der Waals surface area contributed by atoms with Crippen molar-refractivity contribution in [3.63, 3.8) is 0 Å². The number of carbonyl (C=O) groups excluding carboxylic acids is 1. The Hall–Kier alpha value is -0.930. The summed E-state index contributed by atoms with van der Waals surface area (Å²) in [6.45, 7) is 3.51. The van der Waals surface area contributed by atoms with Crippen LogP contribution < -0.4 is 5.73 Å². The maximum Gasteiger partial charge on any atom is 0.339 e. The summed E-state index contributed by atoms with van der Waals surface area (Å²) in [6.07, 6.45) is -0.203. The second-order valence-electron chi connectivity index (χ2n) is 3.31. The number of benzene rings is 1. The van der Waals surface area contributed by atoms with Crippen LogP contribution in [0.5, 0.6) is 0 Å². The van der Waals surface area contributed by atoms with E-state index in [0.717, 1.165) is 0 Å². The van der Waals surface area contributed by atoms with Crippen LogP contribution in [0.25, 0.3) is 0 Å². The van der Waals surface area contributed by atoms with Crippen LogP contribution in [-0.2, 0) is 4.74 Å². The smallest absolute Gasteiger partial charge is 0.339 e. The summed E-state index contributed by atoms with van der Waals surface area (Å²) in [5.74, 6) is -0.502. The Labute approximate surface area is 98.1 Å². The lowest BCUT2D eigenvalue weighted by atomic mass is 10.2. The van der Waals surface area contributed by atoms with Gasteiger partial charge in [-0.1, -0.05) is 23.2 Å². The first kappa shape index (κ1) is 12.1. The third-order valence-electron chi connectivity index (χ3n) is 1.65. The summed E-state index contributed by atoms with van der Waals surface area (Å²) in [4.78, 5) is 11.5. The fraction of sp³-hybridized carbons (Fsp3) is 0.300. The standard InChI is InChI=1S/C10H11Cl2NO2/c1-5(2)15-10(14)6-3-9(13)8(12)4-7(6)11/h3-5H,13H2,1-2H3. The first-order chi connectivity index (χ1) is 6.91. The van der Waals surface area contributed by atoms with Crippen LogP contribution in [0.15, 0.2) is 12.1 Å². The highest BCUT2D eigenvalue weighted by molar-refractivity contribution is 6.38. The van der Waals surface area contributed by atoms with E-state index in [9.17, 15) is 4.79 Å². The van der Waals surface area contributed by atoms with Gasteiger partial charge in [0.05, 0.1) is 27.4 Å². The minimum atomic E-state index is -0.502. The van der Waals surface area contributed by atoms with Gasteiger partial charge in [0.1, 0.15) is 0 Å². The molecule has 0 aliphatic heterocycles. The Bertz CT molecular complexity index is 391. The van der Waals surface area contributed by atoms with Crippen LogP contribution in [-0.4, -0.2) is 12.1 Å². The normalized spacial score (nSPS) is 10.5. The molecular formula is C10H11Cl2NO2. The van der Waals surface area contributed by atoms with Gasteiger partial charge in [-0.15, -0.1) is 0 Å². The minimum Gasteiger partial charge on any atom is -0.459 e. The molecule has 0 aromatic heterocycles. The third kappa shape index (κ3) is 3.01. The van der Waals surface area contributed by atoms with Crippen LogP contribution in [0.2, 0.25) is 10.0 Å². The fourth-order valence-corrected chi connectivity index (χ4v) is 1.46. The Balaban J connectivity index is 3.04. The van der Waals surface area contributed by atoms with Gasteiger partial charge < -0.3 is 10.5 Å². The fourth-order valence-electron chi connectivity index (χ4n) is 1.000. The lowest BCUT2D eigenvalue weighted by Crippen LogP contribution is -2.12. The third-order valence-corrected chi connectivity index (χ3v) is 2.29. The van der Waals surface area contributed by atoms with E-state index in [4.69, 9.17) is 33.7 Å². The molecule has 5 heteroatoms. The molecule has 1 aromatic carbocycles. The highest BCUT2D eigenvalue weighted by atomic mass is 35.5. The van der Waals surface area contributed by atoms with E-state index in [-0.39, 0.29) is 16.7 Å². The summed E-state index contributed by atoms with van der Waals surface area (Å²) in [6, 6.07) is 2.84. The molecule has 0 aliphatic rings. The van der Waals surface area contributed by atoms with E-state index in [1.54, 1.807) is 13.8 Å². The van der Waals surface area contributed by atoms with Crippen molar-refractivity contribution in [3.05, 3.63) is 27.7 Å². The molecule has 0 fully saturated rings. The zero-order valence-corrected chi connectivity index (χ0v) is 9.89. The lowest BCUT2D eigenvalue weighted by Gasteiger charge is -2.10. The molecule has 0 spiro atoms. The molecule has 15 heavy (non-hydrogen) atoms. The van der Waals surface area contributed by atoms with E-state index in [0.29, 0.717) is 10.7 Å². The average Bonchev–Trinajstić information content (AvgIpc) is 2.09. The maximum absolute atomic E-state index is 11.5. The largest absolute Gasteiger partial charge is 0.459 e. The van der Waals surface area contributed by atoms with Crippen LogP contribution >= 0.6 is 23.2 Å². The Morgan fingerprint density at radius 1 is 1.33 bits per heavy atom. The van der Waals surface area contributed by atoms with E-state index in [2.05, 4.69) is 0 Å². The molecule has 0 bridgehead atoms. The number of nitrogens with two attached hydrogens (primary N) is 1. The van der Waals surface area contributed by atoms with Crippen molar-refractivity contribution in [3.8, 4) is 0 Å². The van der Waals surface area contributed by atoms with Gasteiger partial charge in [-0.05, 0) is 26.0 Å². The van der Waals surface area contributed by atoms with Crippen molar-refractivity contribution in [1.29, 1.82) is 0 Å². The molecule has 0 amide bonds. The number of carbonyl (C=O) groups is 1. The van der Waals surface area contributed by atoms with Gasteiger partial charge in [0.2, 0.25) is 0 Å². The number of halogens is 2. The van der Waals surface area contributed by atoms with E-state index in [1.807, 2.05) is 0 Å². The van der Waals surface area contributed by atoms with Crippen molar-refractivity contribution >= 4 is 34.9 Å². The SMILES string of the molecule is CC(C)OC(=O)c1cc(N)c(Cl)cc1Cl. The summed E-state index contributed by atoms with van der Waals surface area (Å²) < 4.78 is 4.99. The molecule has 2 N–H and O–H groups in total. The number of esters is 1. The van der Waals surface area contributed by atoms with Crippen LogP contribution in [0.1, 0.15) is 24.2 Å². The number of ether oxygens (including phenoxy) is 1. The van der Waals surface area contributed by atoms with Gasteiger partial charge >= 0.3 is 5.97 Å². The summed E-state index contributed by atoms with van der Waals surface area (Å²) in [5.41, 5.74) is 6.09. The Morgan fingerprint density at radius 2 is 1.93 bits per heavy atom. The zero-order valence-electron chi connectivity index (χ0n) is 8.38. The van der Waals surface area contributed by atoms with E-state index >= 15 is 0 Å². The predicted molar refractivity (Wildman–Crippen MR) is 61.4 cm³/mol. The number of nitrogen functional groups attached to an aromatic ring is 1. The second kappa shape index (κ2) is 4.73. The number of hydrogen-bond acceptors (Lipinski definition) is 3. The molecule has 0 saturated heterocycles. The maximum atomic E-state index is 11.5. The first-order valence-corrected chi connectivity index (χ1v) is 5.13. The molecule has 3 nitrogen and oxygen atoms in total. The molecule has 0 heterocycles. The number of anilines is 1. The van der Waals surface area contributed by atoms with Crippen molar-refractivity contribution < 1.29 is 9.53 Å². The highest BCUT2D eigenvalue weighted by Crippen LogP contribution is 2.27. The van der Waals surface area contributed by atoms with Crippen LogP contribution in [0.3, 0.4) is 0 Å². The molecule has 0 unspecified atom stereocenters. The van der Waals surface area contributed by atoms with Gasteiger partial charge in [0, 0.05) is 0 Å². The molecule has 0 aliphatic carbocycles. The number of hydrogen-bond donors (Lipinski definition) is 1. The van der Waals surface area contributed by atoms with E-state index in [1.165, 1.54) is 12.1 Å². The van der Waals surface area contributed by atoms with Gasteiger partial charge in [-0.3, -0.25) is 0 Å². The highest BCUT2D eigenvalue weighted by Gasteiger charge is 2.15. The molecule has 82 valence electrons. The first-order valence-electron chi connectivity index (χ1n) is 4.37. The molecule has 1 rings (SSSR count). The molecular weight excluding hydrogens is 237 g/mol. The average molecular weight is 248 g/mol. The Morgan fingerprint density at radius 3 is 2.47 bits per heavy atom. The van der Waals surface area contributed by atoms with Crippen LogP contribution in [0, 0.1) is 0 Å². The van der Waals surface area contributed by atoms with Crippen molar-refractivity contribution in [1.82, 2.24) is 0 Å². The van der Waals surface area contributed by atoms with Gasteiger partial charge in [-0.25, -0.2) is 4.79 Å². The minimum absolute atomic E-state index is 0.203. The second-order valence-corrected chi connectivity index (χ2v) is 4.12. The monoisotopic (exact) mass is 247 g/mol. The number of rotatable bonds is 2. The topological polar surface area (TPSA) is 52.3 Å². The van der Waals surface area contributed by atoms with Gasteiger partial charge in [0.25, 0.3) is 0 Å². The van der Waals surface area contributed by atoms with Gasteiger partial charge in [0.15, 0.2) is 0 Å². The molecule has 0 radical (unpaired) electrons.